The molecule has 0 bridgehead atoms. The van der Waals surface area contributed by atoms with Crippen LogP contribution in [0, 0.1) is 27.8 Å². The second-order valence-corrected chi connectivity index (χ2v) is 4.90. The molecule has 1 aromatic carbocycles. The molecule has 1 saturated carbocycles. The number of carbonyl (C=O) groups is 2. The van der Waals surface area contributed by atoms with E-state index in [1.165, 1.54) is 0 Å². The Balaban J connectivity index is 1.91. The van der Waals surface area contributed by atoms with Crippen molar-refractivity contribution in [2.75, 3.05) is 11.9 Å². The second kappa shape index (κ2) is 5.86. The second-order valence-electron chi connectivity index (χ2n) is 4.90. The van der Waals surface area contributed by atoms with E-state index < -0.39 is 29.2 Å². The first kappa shape index (κ1) is 14.9. The Labute approximate surface area is 119 Å². The summed E-state index contributed by atoms with van der Waals surface area (Å²) in [6, 6.07) is 2.77. The molecule has 2 unspecified atom stereocenters. The molecule has 7 nitrogen and oxygen atoms in total. The fourth-order valence-electron chi connectivity index (χ4n) is 1.80. The molecular weight excluding hydrogens is 283 g/mol. The van der Waals surface area contributed by atoms with Crippen LogP contribution in [0.4, 0.5) is 15.8 Å². The molecule has 2 atom stereocenters. The number of esters is 1. The van der Waals surface area contributed by atoms with Gasteiger partial charge in [0.25, 0.3) is 11.6 Å². The minimum Gasteiger partial charge on any atom is -0.455 e. The van der Waals surface area contributed by atoms with Gasteiger partial charge in [-0.2, -0.15) is 0 Å². The Morgan fingerprint density at radius 3 is 2.76 bits per heavy atom. The first-order chi connectivity index (χ1) is 9.88. The maximum Gasteiger partial charge on any atom is 0.309 e. The number of hydrogen-bond donors (Lipinski definition) is 1. The van der Waals surface area contributed by atoms with Crippen molar-refractivity contribution >= 4 is 23.3 Å². The van der Waals surface area contributed by atoms with E-state index in [0.717, 1.165) is 24.6 Å². The van der Waals surface area contributed by atoms with Crippen LogP contribution in [-0.2, 0) is 14.3 Å². The van der Waals surface area contributed by atoms with E-state index in [4.69, 9.17) is 4.74 Å². The molecule has 1 aromatic rings. The van der Waals surface area contributed by atoms with Crippen LogP contribution in [0.1, 0.15) is 13.3 Å². The molecule has 0 aliphatic heterocycles. The molecule has 21 heavy (non-hydrogen) atoms. The number of nitrogens with zero attached hydrogens (tertiary/aromatic N) is 1. The fraction of sp³-hybridized carbons (Fsp3) is 0.385. The lowest BCUT2D eigenvalue weighted by Gasteiger charge is -2.07. The number of non-ortho nitro benzene ring substituents is 1. The van der Waals surface area contributed by atoms with Crippen molar-refractivity contribution in [2.45, 2.75) is 13.3 Å². The Hall–Kier alpha value is -2.51. The molecule has 0 saturated heterocycles. The van der Waals surface area contributed by atoms with Crippen molar-refractivity contribution in [1.82, 2.24) is 0 Å². The highest BCUT2D eigenvalue weighted by atomic mass is 19.1. The van der Waals surface area contributed by atoms with E-state index in [1.807, 2.05) is 6.92 Å². The molecule has 0 spiro atoms. The maximum atomic E-state index is 13.4. The standard InChI is InChI=1S/C13H13FN2O5/c1-7-4-9(7)13(18)21-6-12(17)15-11-5-8(16(19)20)2-3-10(11)14/h2-3,5,7,9H,4,6H2,1H3,(H,15,17). The number of amides is 1. The predicted molar refractivity (Wildman–Crippen MR) is 69.9 cm³/mol. The molecule has 1 N–H and O–H groups in total. The van der Waals surface area contributed by atoms with E-state index in [-0.39, 0.29) is 23.2 Å². The third kappa shape index (κ3) is 3.74. The summed E-state index contributed by atoms with van der Waals surface area (Å²) in [4.78, 5) is 32.8. The number of nitro benzene ring substituents is 1. The molecule has 1 aliphatic rings. The van der Waals surface area contributed by atoms with Gasteiger partial charge in [-0.3, -0.25) is 19.7 Å². The molecule has 0 aromatic heterocycles. The highest BCUT2D eigenvalue weighted by molar-refractivity contribution is 5.93. The summed E-state index contributed by atoms with van der Waals surface area (Å²) in [5.41, 5.74) is -0.680. The topological polar surface area (TPSA) is 98.5 Å². The molecule has 0 radical (unpaired) electrons. The van der Waals surface area contributed by atoms with Crippen LogP contribution in [0.3, 0.4) is 0 Å². The van der Waals surface area contributed by atoms with Gasteiger partial charge >= 0.3 is 5.97 Å². The molecule has 2 rings (SSSR count). The lowest BCUT2D eigenvalue weighted by atomic mass is 10.2. The van der Waals surface area contributed by atoms with E-state index in [9.17, 15) is 24.1 Å². The lowest BCUT2D eigenvalue weighted by molar-refractivity contribution is -0.384. The van der Waals surface area contributed by atoms with Gasteiger partial charge in [-0.05, 0) is 18.4 Å². The fourth-order valence-corrected chi connectivity index (χ4v) is 1.80. The van der Waals surface area contributed by atoms with Crippen LogP contribution in [0.2, 0.25) is 0 Å². The van der Waals surface area contributed by atoms with Gasteiger partial charge in [0, 0.05) is 12.1 Å². The Kier molecular flexibility index (Phi) is 4.15. The third-order valence-corrected chi connectivity index (χ3v) is 3.19. The van der Waals surface area contributed by atoms with Crippen molar-refractivity contribution in [3.05, 3.63) is 34.1 Å². The average molecular weight is 296 g/mol. The summed E-state index contributed by atoms with van der Waals surface area (Å²) in [5.74, 6) is -1.94. The van der Waals surface area contributed by atoms with Crippen LogP contribution in [0.5, 0.6) is 0 Å². The van der Waals surface area contributed by atoms with Crippen molar-refractivity contribution in [3.8, 4) is 0 Å². The minimum atomic E-state index is -0.809. The SMILES string of the molecule is CC1CC1C(=O)OCC(=O)Nc1cc([N+](=O)[O-])ccc1F. The quantitative estimate of drug-likeness (QED) is 0.508. The molecular formula is C13H13FN2O5. The zero-order valence-electron chi connectivity index (χ0n) is 11.2. The Morgan fingerprint density at radius 1 is 1.52 bits per heavy atom. The average Bonchev–Trinajstić information content (AvgIpc) is 3.15. The Bertz CT molecular complexity index is 604. The highest BCUT2D eigenvalue weighted by Crippen LogP contribution is 2.38. The molecule has 1 aliphatic carbocycles. The largest absolute Gasteiger partial charge is 0.455 e. The minimum absolute atomic E-state index is 0.174. The van der Waals surface area contributed by atoms with E-state index >= 15 is 0 Å². The summed E-state index contributed by atoms with van der Waals surface area (Å²) in [7, 11) is 0. The molecule has 1 fully saturated rings. The van der Waals surface area contributed by atoms with Crippen LogP contribution >= 0.6 is 0 Å². The number of benzene rings is 1. The molecule has 0 heterocycles. The zero-order chi connectivity index (χ0) is 15.6. The number of rotatable bonds is 5. The third-order valence-electron chi connectivity index (χ3n) is 3.19. The van der Waals surface area contributed by atoms with Crippen LogP contribution in [0.25, 0.3) is 0 Å². The predicted octanol–water partition coefficient (Wildman–Crippen LogP) is 1.87. The number of halogens is 1. The maximum absolute atomic E-state index is 13.4. The van der Waals surface area contributed by atoms with Crippen molar-refractivity contribution < 1.29 is 23.6 Å². The van der Waals surface area contributed by atoms with Crippen molar-refractivity contribution in [3.63, 3.8) is 0 Å². The molecule has 112 valence electrons. The first-order valence-electron chi connectivity index (χ1n) is 6.29. The summed E-state index contributed by atoms with van der Waals surface area (Å²) < 4.78 is 18.2. The zero-order valence-corrected chi connectivity index (χ0v) is 11.2. The smallest absolute Gasteiger partial charge is 0.309 e. The number of nitro groups is 1. The number of ether oxygens (including phenoxy) is 1. The normalized spacial score (nSPS) is 19.7. The van der Waals surface area contributed by atoms with Gasteiger partial charge < -0.3 is 10.1 Å². The van der Waals surface area contributed by atoms with E-state index in [2.05, 4.69) is 5.32 Å². The summed E-state index contributed by atoms with van der Waals surface area (Å²) in [5, 5.41) is 12.7. The van der Waals surface area contributed by atoms with Crippen LogP contribution in [-0.4, -0.2) is 23.4 Å². The van der Waals surface area contributed by atoms with Gasteiger partial charge in [-0.15, -0.1) is 0 Å². The van der Waals surface area contributed by atoms with Gasteiger partial charge in [0.15, 0.2) is 6.61 Å². The van der Waals surface area contributed by atoms with Gasteiger partial charge in [0.2, 0.25) is 0 Å². The van der Waals surface area contributed by atoms with Crippen LogP contribution < -0.4 is 5.32 Å². The summed E-state index contributed by atoms with van der Waals surface area (Å²) in [6.45, 7) is 1.34. The van der Waals surface area contributed by atoms with Gasteiger partial charge in [-0.1, -0.05) is 6.92 Å². The monoisotopic (exact) mass is 296 g/mol. The van der Waals surface area contributed by atoms with Gasteiger partial charge in [0.05, 0.1) is 16.5 Å². The van der Waals surface area contributed by atoms with Crippen molar-refractivity contribution in [1.29, 1.82) is 0 Å². The van der Waals surface area contributed by atoms with Gasteiger partial charge in [-0.25, -0.2) is 4.39 Å². The first-order valence-corrected chi connectivity index (χ1v) is 6.29. The summed E-state index contributed by atoms with van der Waals surface area (Å²) >= 11 is 0. The Morgan fingerprint density at radius 2 is 2.19 bits per heavy atom. The molecule has 1 amide bonds. The van der Waals surface area contributed by atoms with E-state index in [0.29, 0.717) is 0 Å². The molecule has 8 heteroatoms. The highest BCUT2D eigenvalue weighted by Gasteiger charge is 2.40. The van der Waals surface area contributed by atoms with Crippen LogP contribution in [0.15, 0.2) is 18.2 Å². The van der Waals surface area contributed by atoms with Gasteiger partial charge in [0.1, 0.15) is 5.82 Å². The number of anilines is 1. The summed E-state index contributed by atoms with van der Waals surface area (Å²) in [6.07, 6.45) is 0.736. The number of carbonyl (C=O) groups excluding carboxylic acids is 2. The van der Waals surface area contributed by atoms with Crippen molar-refractivity contribution in [2.24, 2.45) is 11.8 Å². The van der Waals surface area contributed by atoms with E-state index in [1.54, 1.807) is 0 Å². The number of nitrogens with one attached hydrogen (secondary N) is 1. The lowest BCUT2D eigenvalue weighted by Crippen LogP contribution is -2.22. The number of hydrogen-bond acceptors (Lipinski definition) is 5.